The zero-order chi connectivity index (χ0) is 13.9. The monoisotopic (exact) mass is 317 g/mol. The van der Waals surface area contributed by atoms with Crippen LogP contribution in [0.1, 0.15) is 30.6 Å². The molecule has 1 rings (SSSR count). The van der Waals surface area contributed by atoms with Crippen molar-refractivity contribution in [1.29, 1.82) is 0 Å². The van der Waals surface area contributed by atoms with Crippen molar-refractivity contribution in [2.24, 2.45) is 0 Å². The Morgan fingerprint density at radius 1 is 1.50 bits per heavy atom. The molecule has 0 aliphatic rings. The maximum absolute atomic E-state index is 13.3. The summed E-state index contributed by atoms with van der Waals surface area (Å²) >= 11 is 2.96. The van der Waals surface area contributed by atoms with Crippen molar-refractivity contribution >= 4 is 27.8 Å². The number of carboxylic acids is 1. The summed E-state index contributed by atoms with van der Waals surface area (Å²) < 4.78 is 13.3. The van der Waals surface area contributed by atoms with Gasteiger partial charge in [0.15, 0.2) is 0 Å². The van der Waals surface area contributed by atoms with Crippen molar-refractivity contribution in [1.82, 2.24) is 5.32 Å². The molecule has 0 aromatic heterocycles. The summed E-state index contributed by atoms with van der Waals surface area (Å²) in [6.45, 7) is 3.05. The third-order valence-corrected chi connectivity index (χ3v) is 3.57. The second kappa shape index (κ2) is 5.48. The SMILES string of the molecule is CCC(C)(NC(=O)c1cccc(F)c1Br)C(=O)O. The number of carbonyl (C=O) groups excluding carboxylic acids is 1. The van der Waals surface area contributed by atoms with Crippen LogP contribution in [-0.4, -0.2) is 22.5 Å². The first-order valence-electron chi connectivity index (χ1n) is 5.31. The third kappa shape index (κ3) is 2.87. The lowest BCUT2D eigenvalue weighted by molar-refractivity contribution is -0.143. The van der Waals surface area contributed by atoms with E-state index >= 15 is 0 Å². The van der Waals surface area contributed by atoms with Crippen LogP contribution in [-0.2, 0) is 4.79 Å². The average Bonchev–Trinajstić information content (AvgIpc) is 2.32. The predicted octanol–water partition coefficient (Wildman–Crippen LogP) is 2.57. The van der Waals surface area contributed by atoms with E-state index in [9.17, 15) is 14.0 Å². The Morgan fingerprint density at radius 3 is 2.61 bits per heavy atom. The zero-order valence-electron chi connectivity index (χ0n) is 9.96. The molecule has 0 spiro atoms. The van der Waals surface area contributed by atoms with E-state index in [0.717, 1.165) is 0 Å². The van der Waals surface area contributed by atoms with Crippen LogP contribution in [0, 0.1) is 5.82 Å². The van der Waals surface area contributed by atoms with Crippen molar-refractivity contribution in [3.8, 4) is 0 Å². The van der Waals surface area contributed by atoms with Gasteiger partial charge in [-0.2, -0.15) is 0 Å². The molecule has 1 atom stereocenters. The van der Waals surface area contributed by atoms with E-state index in [1.807, 2.05) is 0 Å². The van der Waals surface area contributed by atoms with Crippen LogP contribution >= 0.6 is 15.9 Å². The molecule has 4 nitrogen and oxygen atoms in total. The Balaban J connectivity index is 3.02. The van der Waals surface area contributed by atoms with Crippen molar-refractivity contribution in [2.75, 3.05) is 0 Å². The Hall–Kier alpha value is -1.43. The van der Waals surface area contributed by atoms with Gasteiger partial charge in [0.25, 0.3) is 5.91 Å². The molecule has 98 valence electrons. The van der Waals surface area contributed by atoms with Gasteiger partial charge in [0.2, 0.25) is 0 Å². The summed E-state index contributed by atoms with van der Waals surface area (Å²) in [5.41, 5.74) is -1.31. The van der Waals surface area contributed by atoms with Crippen LogP contribution in [0.3, 0.4) is 0 Å². The first-order valence-corrected chi connectivity index (χ1v) is 6.11. The van der Waals surface area contributed by atoms with Gasteiger partial charge in [0, 0.05) is 0 Å². The molecule has 0 aliphatic carbocycles. The first kappa shape index (κ1) is 14.6. The Kier molecular flexibility index (Phi) is 4.45. The maximum atomic E-state index is 13.3. The number of amides is 1. The minimum atomic E-state index is -1.37. The molecule has 0 heterocycles. The molecule has 1 aromatic rings. The molecule has 1 amide bonds. The fraction of sp³-hybridized carbons (Fsp3) is 0.333. The van der Waals surface area contributed by atoms with Crippen molar-refractivity contribution < 1.29 is 19.1 Å². The lowest BCUT2D eigenvalue weighted by Gasteiger charge is -2.24. The second-order valence-electron chi connectivity index (χ2n) is 4.05. The van der Waals surface area contributed by atoms with Gasteiger partial charge in [0.05, 0.1) is 10.0 Å². The molecule has 18 heavy (non-hydrogen) atoms. The highest BCUT2D eigenvalue weighted by Gasteiger charge is 2.33. The number of benzene rings is 1. The van der Waals surface area contributed by atoms with Crippen LogP contribution < -0.4 is 5.32 Å². The van der Waals surface area contributed by atoms with Gasteiger partial charge in [-0.3, -0.25) is 4.79 Å². The van der Waals surface area contributed by atoms with Crippen LogP contribution in [0.4, 0.5) is 4.39 Å². The summed E-state index contributed by atoms with van der Waals surface area (Å²) in [4.78, 5) is 23.0. The standard InChI is InChI=1S/C12H13BrFNO3/c1-3-12(2,11(17)18)15-10(16)7-5-4-6-8(14)9(7)13/h4-6H,3H2,1-2H3,(H,15,16)(H,17,18). The number of carbonyl (C=O) groups is 2. The zero-order valence-corrected chi connectivity index (χ0v) is 11.5. The second-order valence-corrected chi connectivity index (χ2v) is 4.84. The molecule has 2 N–H and O–H groups in total. The number of halogens is 2. The number of carboxylic acid groups (broad SMARTS) is 1. The highest BCUT2D eigenvalue weighted by atomic mass is 79.9. The molecular formula is C12H13BrFNO3. The maximum Gasteiger partial charge on any atom is 0.329 e. The molecule has 0 radical (unpaired) electrons. The summed E-state index contributed by atoms with van der Waals surface area (Å²) in [5, 5.41) is 11.4. The Bertz CT molecular complexity index is 492. The molecule has 0 saturated heterocycles. The van der Waals surface area contributed by atoms with Gasteiger partial charge in [-0.25, -0.2) is 9.18 Å². The fourth-order valence-corrected chi connectivity index (χ4v) is 1.73. The first-order chi connectivity index (χ1) is 8.31. The van der Waals surface area contributed by atoms with Gasteiger partial charge in [0.1, 0.15) is 11.4 Å². The van der Waals surface area contributed by atoms with E-state index in [1.54, 1.807) is 6.92 Å². The molecular weight excluding hydrogens is 305 g/mol. The molecule has 0 aliphatic heterocycles. The molecule has 0 bridgehead atoms. The highest BCUT2D eigenvalue weighted by Crippen LogP contribution is 2.21. The number of rotatable bonds is 4. The van der Waals surface area contributed by atoms with E-state index in [2.05, 4.69) is 21.2 Å². The normalized spacial score (nSPS) is 13.8. The van der Waals surface area contributed by atoms with Gasteiger partial charge in [-0.05, 0) is 41.4 Å². The van der Waals surface area contributed by atoms with Crippen LogP contribution in [0.15, 0.2) is 22.7 Å². The van der Waals surface area contributed by atoms with E-state index in [0.29, 0.717) is 0 Å². The van der Waals surface area contributed by atoms with Crippen molar-refractivity contribution in [3.05, 3.63) is 34.1 Å². The number of aliphatic carboxylic acids is 1. The van der Waals surface area contributed by atoms with E-state index in [-0.39, 0.29) is 16.5 Å². The third-order valence-electron chi connectivity index (χ3n) is 2.76. The topological polar surface area (TPSA) is 66.4 Å². The number of hydrogen-bond acceptors (Lipinski definition) is 2. The number of hydrogen-bond donors (Lipinski definition) is 2. The van der Waals surface area contributed by atoms with Gasteiger partial charge in [-0.15, -0.1) is 0 Å². The fourth-order valence-electron chi connectivity index (χ4n) is 1.29. The van der Waals surface area contributed by atoms with Gasteiger partial charge in [-0.1, -0.05) is 13.0 Å². The Labute approximate surface area is 112 Å². The van der Waals surface area contributed by atoms with Crippen LogP contribution in [0.25, 0.3) is 0 Å². The summed E-state index contributed by atoms with van der Waals surface area (Å²) in [6, 6.07) is 4.01. The van der Waals surface area contributed by atoms with E-state index < -0.39 is 23.2 Å². The van der Waals surface area contributed by atoms with Crippen molar-refractivity contribution in [3.63, 3.8) is 0 Å². The summed E-state index contributed by atoms with van der Waals surface area (Å²) in [5.74, 6) is -2.34. The molecule has 1 aromatic carbocycles. The van der Waals surface area contributed by atoms with E-state index in [4.69, 9.17) is 5.11 Å². The predicted molar refractivity (Wildman–Crippen MR) is 67.9 cm³/mol. The Morgan fingerprint density at radius 2 is 2.11 bits per heavy atom. The quantitative estimate of drug-likeness (QED) is 0.897. The molecule has 0 fully saturated rings. The van der Waals surface area contributed by atoms with Crippen LogP contribution in [0.2, 0.25) is 0 Å². The smallest absolute Gasteiger partial charge is 0.329 e. The minimum absolute atomic E-state index is 0.0198. The molecule has 6 heteroatoms. The van der Waals surface area contributed by atoms with Gasteiger partial charge >= 0.3 is 5.97 Å². The number of nitrogens with one attached hydrogen (secondary N) is 1. The molecule has 0 saturated carbocycles. The van der Waals surface area contributed by atoms with Gasteiger partial charge < -0.3 is 10.4 Å². The van der Waals surface area contributed by atoms with Crippen LogP contribution in [0.5, 0.6) is 0 Å². The lowest BCUT2D eigenvalue weighted by Crippen LogP contribution is -2.51. The van der Waals surface area contributed by atoms with Crippen molar-refractivity contribution in [2.45, 2.75) is 25.8 Å². The largest absolute Gasteiger partial charge is 0.480 e. The van der Waals surface area contributed by atoms with E-state index in [1.165, 1.54) is 25.1 Å². The molecule has 1 unspecified atom stereocenters. The average molecular weight is 318 g/mol. The summed E-state index contributed by atoms with van der Waals surface area (Å²) in [7, 11) is 0. The lowest BCUT2D eigenvalue weighted by atomic mass is 9.98. The minimum Gasteiger partial charge on any atom is -0.480 e. The highest BCUT2D eigenvalue weighted by molar-refractivity contribution is 9.10. The summed E-state index contributed by atoms with van der Waals surface area (Å²) in [6.07, 6.45) is 0.223.